The Morgan fingerprint density at radius 3 is 2.76 bits per heavy atom. The largest absolute Gasteiger partial charge is 0.491 e. The summed E-state index contributed by atoms with van der Waals surface area (Å²) in [6.07, 6.45) is 1.70. The minimum Gasteiger partial charge on any atom is -0.491 e. The minimum atomic E-state index is -0.187. The summed E-state index contributed by atoms with van der Waals surface area (Å²) in [5.74, 6) is 1.57. The van der Waals surface area contributed by atoms with Crippen molar-refractivity contribution in [2.45, 2.75) is 33.7 Å². The Labute approximate surface area is 149 Å². The number of hydrogen-bond donors (Lipinski definition) is 1. The van der Waals surface area contributed by atoms with Gasteiger partial charge in [-0.15, -0.1) is 0 Å². The number of aromatic nitrogens is 2. The fraction of sp³-hybridized carbons (Fsp3) is 0.474. The molecule has 1 heterocycles. The van der Waals surface area contributed by atoms with Gasteiger partial charge in [-0.2, -0.15) is 5.10 Å². The molecule has 6 heteroatoms. The van der Waals surface area contributed by atoms with Crippen LogP contribution in [-0.4, -0.2) is 35.5 Å². The van der Waals surface area contributed by atoms with E-state index in [1.165, 1.54) is 0 Å². The van der Waals surface area contributed by atoms with Crippen LogP contribution < -0.4 is 10.1 Å². The van der Waals surface area contributed by atoms with Gasteiger partial charge in [0, 0.05) is 18.2 Å². The molecule has 1 amide bonds. The lowest BCUT2D eigenvalue weighted by atomic mass is 10.1. The molecule has 0 saturated heterocycles. The molecule has 25 heavy (non-hydrogen) atoms. The first kappa shape index (κ1) is 19.0. The van der Waals surface area contributed by atoms with E-state index in [9.17, 15) is 4.79 Å². The summed E-state index contributed by atoms with van der Waals surface area (Å²) in [6, 6.07) is 9.12. The molecule has 6 nitrogen and oxygen atoms in total. The molecule has 0 aliphatic heterocycles. The van der Waals surface area contributed by atoms with Crippen LogP contribution in [0.2, 0.25) is 0 Å². The second-order valence-electron chi connectivity index (χ2n) is 6.17. The lowest BCUT2D eigenvalue weighted by Gasteiger charge is -2.19. The summed E-state index contributed by atoms with van der Waals surface area (Å²) in [5, 5.41) is 7.25. The van der Waals surface area contributed by atoms with Crippen LogP contribution >= 0.6 is 0 Å². The molecule has 1 aromatic heterocycles. The molecule has 0 aliphatic carbocycles. The number of rotatable bonds is 9. The van der Waals surface area contributed by atoms with Crippen LogP contribution in [0.3, 0.4) is 0 Å². The van der Waals surface area contributed by atoms with Crippen LogP contribution in [0.15, 0.2) is 36.5 Å². The summed E-state index contributed by atoms with van der Waals surface area (Å²) in [5.41, 5.74) is 0.541. The third-order valence-corrected chi connectivity index (χ3v) is 4.06. The number of ether oxygens (including phenoxy) is 2. The molecule has 1 N–H and O–H groups in total. The number of benzene rings is 1. The maximum Gasteiger partial charge on any atom is 0.256 e. The predicted octanol–water partition coefficient (Wildman–Crippen LogP) is 3.77. The van der Waals surface area contributed by atoms with E-state index in [0.717, 1.165) is 0 Å². The van der Waals surface area contributed by atoms with Crippen molar-refractivity contribution in [3.8, 4) is 5.75 Å². The lowest BCUT2D eigenvalue weighted by Crippen LogP contribution is -2.20. The van der Waals surface area contributed by atoms with E-state index in [0.29, 0.717) is 42.9 Å². The monoisotopic (exact) mass is 345 g/mol. The first-order valence-electron chi connectivity index (χ1n) is 8.68. The Hall–Kier alpha value is -2.34. The topological polar surface area (TPSA) is 65.4 Å². The summed E-state index contributed by atoms with van der Waals surface area (Å²) in [7, 11) is 0. The van der Waals surface area contributed by atoms with Gasteiger partial charge in [0.05, 0.1) is 18.8 Å². The Bertz CT molecular complexity index is 682. The third-order valence-electron chi connectivity index (χ3n) is 4.06. The van der Waals surface area contributed by atoms with Crippen LogP contribution in [0.4, 0.5) is 5.82 Å². The van der Waals surface area contributed by atoms with Gasteiger partial charge in [0.15, 0.2) is 0 Å². The van der Waals surface area contributed by atoms with E-state index in [-0.39, 0.29) is 11.9 Å². The molecule has 0 bridgehead atoms. The smallest absolute Gasteiger partial charge is 0.256 e. The number of carbonyl (C=O) groups is 1. The van der Waals surface area contributed by atoms with Crippen molar-refractivity contribution >= 4 is 11.7 Å². The average molecular weight is 345 g/mol. The standard InChI is InChI=1S/C19H27N3O3/c1-5-24-11-12-25-17-8-6-7-16(13-17)19(23)21-18-9-10-20-22(18)15(4)14(2)3/h6-10,13-15H,5,11-12H2,1-4H3,(H,21,23)/t15-/m0/s1. The minimum absolute atomic E-state index is 0.187. The number of nitrogens with one attached hydrogen (secondary N) is 1. The third kappa shape index (κ3) is 5.32. The van der Waals surface area contributed by atoms with Crippen molar-refractivity contribution in [2.75, 3.05) is 25.1 Å². The van der Waals surface area contributed by atoms with Gasteiger partial charge in [-0.1, -0.05) is 19.9 Å². The van der Waals surface area contributed by atoms with E-state index >= 15 is 0 Å². The van der Waals surface area contributed by atoms with Gasteiger partial charge < -0.3 is 14.8 Å². The van der Waals surface area contributed by atoms with Crippen molar-refractivity contribution in [3.63, 3.8) is 0 Å². The van der Waals surface area contributed by atoms with Crippen LogP contribution in [0.1, 0.15) is 44.1 Å². The first-order chi connectivity index (χ1) is 12.0. The van der Waals surface area contributed by atoms with Gasteiger partial charge >= 0.3 is 0 Å². The van der Waals surface area contributed by atoms with Gasteiger partial charge in [-0.3, -0.25) is 4.79 Å². The molecule has 0 fully saturated rings. The highest BCUT2D eigenvalue weighted by Crippen LogP contribution is 2.22. The van der Waals surface area contributed by atoms with E-state index in [4.69, 9.17) is 9.47 Å². The van der Waals surface area contributed by atoms with E-state index < -0.39 is 0 Å². The van der Waals surface area contributed by atoms with Crippen LogP contribution in [0.5, 0.6) is 5.75 Å². The molecule has 2 aromatic rings. The quantitative estimate of drug-likeness (QED) is 0.703. The van der Waals surface area contributed by atoms with Crippen LogP contribution in [0.25, 0.3) is 0 Å². The molecule has 1 aromatic carbocycles. The first-order valence-corrected chi connectivity index (χ1v) is 8.68. The van der Waals surface area contributed by atoms with E-state index in [1.54, 1.807) is 30.5 Å². The normalized spacial score (nSPS) is 12.2. The van der Waals surface area contributed by atoms with E-state index in [1.807, 2.05) is 17.7 Å². The number of amides is 1. The maximum absolute atomic E-state index is 12.6. The molecule has 2 rings (SSSR count). The molecule has 0 saturated carbocycles. The highest BCUT2D eigenvalue weighted by molar-refractivity contribution is 6.04. The summed E-state index contributed by atoms with van der Waals surface area (Å²) < 4.78 is 12.7. The lowest BCUT2D eigenvalue weighted by molar-refractivity contribution is 0.102. The second kappa shape index (κ2) is 9.22. The summed E-state index contributed by atoms with van der Waals surface area (Å²) >= 11 is 0. The molecule has 1 atom stereocenters. The summed E-state index contributed by atoms with van der Waals surface area (Å²) in [6.45, 7) is 9.92. The van der Waals surface area contributed by atoms with Crippen molar-refractivity contribution in [1.29, 1.82) is 0 Å². The van der Waals surface area contributed by atoms with Gasteiger partial charge in [-0.05, 0) is 38.0 Å². The fourth-order valence-corrected chi connectivity index (χ4v) is 2.30. The number of carbonyl (C=O) groups excluding carboxylic acids is 1. The van der Waals surface area contributed by atoms with Gasteiger partial charge in [0.1, 0.15) is 18.2 Å². The molecular weight excluding hydrogens is 318 g/mol. The number of anilines is 1. The summed E-state index contributed by atoms with van der Waals surface area (Å²) in [4.78, 5) is 12.6. The number of hydrogen-bond acceptors (Lipinski definition) is 4. The molecule has 0 spiro atoms. The van der Waals surface area contributed by atoms with Gasteiger partial charge in [-0.25, -0.2) is 4.68 Å². The van der Waals surface area contributed by atoms with Crippen molar-refractivity contribution in [1.82, 2.24) is 9.78 Å². The van der Waals surface area contributed by atoms with E-state index in [2.05, 4.69) is 31.2 Å². The molecular formula is C19H27N3O3. The Morgan fingerprint density at radius 1 is 1.24 bits per heavy atom. The second-order valence-corrected chi connectivity index (χ2v) is 6.17. The number of nitrogens with zero attached hydrogens (tertiary/aromatic N) is 2. The van der Waals surface area contributed by atoms with Gasteiger partial charge in [0.25, 0.3) is 5.91 Å². The molecule has 0 unspecified atom stereocenters. The van der Waals surface area contributed by atoms with Crippen LogP contribution in [0, 0.1) is 5.92 Å². The zero-order chi connectivity index (χ0) is 18.2. The van der Waals surface area contributed by atoms with Crippen LogP contribution in [-0.2, 0) is 4.74 Å². The Morgan fingerprint density at radius 2 is 2.04 bits per heavy atom. The predicted molar refractivity (Wildman–Crippen MR) is 98.2 cm³/mol. The Balaban J connectivity index is 2.03. The SMILES string of the molecule is CCOCCOc1cccc(C(=O)Nc2ccnn2[C@@H](C)C(C)C)c1. The molecule has 0 aliphatic rings. The Kier molecular flexibility index (Phi) is 7.01. The highest BCUT2D eigenvalue weighted by atomic mass is 16.5. The van der Waals surface area contributed by atoms with Gasteiger partial charge in [0.2, 0.25) is 0 Å². The maximum atomic E-state index is 12.6. The highest BCUT2D eigenvalue weighted by Gasteiger charge is 2.16. The van der Waals surface area contributed by atoms with Crippen molar-refractivity contribution in [3.05, 3.63) is 42.1 Å². The zero-order valence-electron chi connectivity index (χ0n) is 15.4. The molecule has 136 valence electrons. The van der Waals surface area contributed by atoms with Crippen molar-refractivity contribution < 1.29 is 14.3 Å². The zero-order valence-corrected chi connectivity index (χ0v) is 15.4. The fourth-order valence-electron chi connectivity index (χ4n) is 2.30. The van der Waals surface area contributed by atoms with Crippen molar-refractivity contribution in [2.24, 2.45) is 5.92 Å². The average Bonchev–Trinajstić information content (AvgIpc) is 3.06. The molecule has 0 radical (unpaired) electrons.